The molecule has 0 fully saturated rings. The number of rotatable bonds is 3. The maximum absolute atomic E-state index is 13.0. The van der Waals surface area contributed by atoms with Crippen LogP contribution in [0.15, 0.2) is 6.07 Å². The molecule has 0 aromatic carbocycles. The number of nitrogens with zero attached hydrogens (tertiary/aromatic N) is 1. The van der Waals surface area contributed by atoms with E-state index in [-0.39, 0.29) is 11.0 Å². The Morgan fingerprint density at radius 3 is 2.60 bits per heavy atom. The van der Waals surface area contributed by atoms with Crippen LogP contribution in [0.25, 0.3) is 0 Å². The van der Waals surface area contributed by atoms with Crippen LogP contribution in [-0.4, -0.2) is 16.1 Å². The summed E-state index contributed by atoms with van der Waals surface area (Å²) in [7, 11) is 0. The zero-order chi connectivity index (χ0) is 11.6. The third kappa shape index (κ3) is 2.47. The quantitative estimate of drug-likeness (QED) is 0.686. The molecule has 0 aliphatic rings. The van der Waals surface area contributed by atoms with Crippen LogP contribution in [0, 0.1) is 5.95 Å². The lowest BCUT2D eigenvalue weighted by Crippen LogP contribution is -2.08. The highest BCUT2D eigenvalue weighted by atomic mass is 79.9. The van der Waals surface area contributed by atoms with E-state index >= 15 is 0 Å². The Bertz CT molecular complexity index is 398. The molecule has 0 saturated heterocycles. The number of halogens is 4. The molecular weight excluding hydrogens is 279 g/mol. The molecule has 0 atom stereocenters. The molecule has 0 amide bonds. The van der Waals surface area contributed by atoms with Gasteiger partial charge in [0, 0.05) is 10.9 Å². The van der Waals surface area contributed by atoms with Gasteiger partial charge in [-0.05, 0) is 6.07 Å². The van der Waals surface area contributed by atoms with Crippen LogP contribution in [0.1, 0.15) is 28.0 Å². The van der Waals surface area contributed by atoms with Crippen LogP contribution in [0.4, 0.5) is 13.2 Å². The third-order valence-electron chi connectivity index (χ3n) is 1.68. The fourth-order valence-corrected chi connectivity index (χ4v) is 1.44. The molecule has 3 nitrogen and oxygen atoms in total. The Morgan fingerprint density at radius 1 is 1.60 bits per heavy atom. The van der Waals surface area contributed by atoms with Crippen molar-refractivity contribution in [2.45, 2.75) is 11.8 Å². The Labute approximate surface area is 91.1 Å². The van der Waals surface area contributed by atoms with Gasteiger partial charge in [0.15, 0.2) is 0 Å². The van der Waals surface area contributed by atoms with Gasteiger partial charge in [-0.15, -0.1) is 0 Å². The number of aromatic carboxylic acids is 1. The largest absolute Gasteiger partial charge is 0.478 e. The molecule has 0 saturated carbocycles. The molecule has 1 N–H and O–H groups in total. The molecule has 0 aliphatic heterocycles. The maximum atomic E-state index is 13.0. The molecule has 1 rings (SSSR count). The van der Waals surface area contributed by atoms with Crippen LogP contribution in [0.5, 0.6) is 0 Å². The zero-order valence-corrected chi connectivity index (χ0v) is 8.76. The molecule has 15 heavy (non-hydrogen) atoms. The first-order chi connectivity index (χ1) is 6.97. The highest BCUT2D eigenvalue weighted by Crippen LogP contribution is 2.25. The minimum atomic E-state index is -2.89. The molecule has 1 aromatic rings. The van der Waals surface area contributed by atoms with Gasteiger partial charge in [-0.25, -0.2) is 18.6 Å². The van der Waals surface area contributed by atoms with Crippen molar-refractivity contribution in [2.75, 3.05) is 0 Å². The van der Waals surface area contributed by atoms with E-state index < -0.39 is 29.5 Å². The number of hydrogen-bond acceptors (Lipinski definition) is 2. The Hall–Kier alpha value is -1.11. The van der Waals surface area contributed by atoms with Crippen molar-refractivity contribution in [2.24, 2.45) is 0 Å². The van der Waals surface area contributed by atoms with E-state index in [1.807, 2.05) is 0 Å². The Balaban J connectivity index is 3.37. The molecule has 0 unspecified atom stereocenters. The lowest BCUT2D eigenvalue weighted by molar-refractivity contribution is 0.0690. The van der Waals surface area contributed by atoms with Crippen molar-refractivity contribution < 1.29 is 23.1 Å². The van der Waals surface area contributed by atoms with Crippen LogP contribution in [0.2, 0.25) is 0 Å². The number of pyridine rings is 1. The third-order valence-corrected chi connectivity index (χ3v) is 2.21. The molecule has 7 heteroatoms. The van der Waals surface area contributed by atoms with Crippen LogP contribution in [0.3, 0.4) is 0 Å². The molecule has 0 spiro atoms. The number of aromatic nitrogens is 1. The molecule has 1 heterocycles. The lowest BCUT2D eigenvalue weighted by Gasteiger charge is -2.07. The minimum Gasteiger partial charge on any atom is -0.478 e. The SMILES string of the molecule is O=C(O)c1cc(C(F)F)c(CBr)nc1F. The number of carboxylic acid groups (broad SMARTS) is 1. The second kappa shape index (κ2) is 4.61. The second-order valence-electron chi connectivity index (χ2n) is 2.60. The molecule has 0 radical (unpaired) electrons. The minimum absolute atomic E-state index is 0.0660. The normalized spacial score (nSPS) is 10.7. The van der Waals surface area contributed by atoms with E-state index in [1.54, 1.807) is 0 Å². The summed E-state index contributed by atoms with van der Waals surface area (Å²) in [5.41, 5.74) is -1.63. The standard InChI is InChI=1S/C8H5BrF3NO2/c9-2-5-3(6(10)11)1-4(8(14)15)7(12)13-5/h1,6H,2H2,(H,14,15). The number of carboxylic acids is 1. The first-order valence-corrected chi connectivity index (χ1v) is 4.86. The first-order valence-electron chi connectivity index (χ1n) is 3.74. The first kappa shape index (κ1) is 12.0. The van der Waals surface area contributed by atoms with E-state index in [4.69, 9.17) is 5.11 Å². The lowest BCUT2D eigenvalue weighted by atomic mass is 10.1. The number of hydrogen-bond donors (Lipinski definition) is 1. The summed E-state index contributed by atoms with van der Waals surface area (Å²) < 4.78 is 37.8. The Morgan fingerprint density at radius 2 is 2.20 bits per heavy atom. The van der Waals surface area contributed by atoms with Gasteiger partial charge in [0.25, 0.3) is 6.43 Å². The molecule has 0 bridgehead atoms. The van der Waals surface area contributed by atoms with E-state index in [0.717, 1.165) is 0 Å². The van der Waals surface area contributed by atoms with Gasteiger partial charge in [-0.1, -0.05) is 15.9 Å². The van der Waals surface area contributed by atoms with Gasteiger partial charge < -0.3 is 5.11 Å². The van der Waals surface area contributed by atoms with Crippen molar-refractivity contribution in [1.29, 1.82) is 0 Å². The summed E-state index contributed by atoms with van der Waals surface area (Å²) >= 11 is 2.86. The van der Waals surface area contributed by atoms with E-state index in [1.165, 1.54) is 0 Å². The molecule has 0 aliphatic carbocycles. The van der Waals surface area contributed by atoms with Gasteiger partial charge >= 0.3 is 5.97 Å². The predicted octanol–water partition coefficient (Wildman–Crippen LogP) is 2.75. The van der Waals surface area contributed by atoms with E-state index in [2.05, 4.69) is 20.9 Å². The number of carbonyl (C=O) groups is 1. The van der Waals surface area contributed by atoms with E-state index in [0.29, 0.717) is 6.07 Å². The Kier molecular flexibility index (Phi) is 3.67. The van der Waals surface area contributed by atoms with Crippen molar-refractivity contribution in [3.05, 3.63) is 28.8 Å². The predicted molar refractivity (Wildman–Crippen MR) is 48.7 cm³/mol. The molecular formula is C8H5BrF3NO2. The summed E-state index contributed by atoms with van der Waals surface area (Å²) in [5, 5.41) is 8.43. The topological polar surface area (TPSA) is 50.2 Å². The van der Waals surface area contributed by atoms with Crippen LogP contribution >= 0.6 is 15.9 Å². The molecule has 82 valence electrons. The zero-order valence-electron chi connectivity index (χ0n) is 7.18. The summed E-state index contributed by atoms with van der Waals surface area (Å²) in [6.07, 6.45) is -2.89. The van der Waals surface area contributed by atoms with Crippen molar-refractivity contribution in [1.82, 2.24) is 4.98 Å². The van der Waals surface area contributed by atoms with Gasteiger partial charge in [-0.2, -0.15) is 4.39 Å². The summed E-state index contributed by atoms with van der Waals surface area (Å²) in [5.74, 6) is -2.88. The van der Waals surface area contributed by atoms with Crippen LogP contribution in [-0.2, 0) is 5.33 Å². The van der Waals surface area contributed by atoms with Gasteiger partial charge in [0.1, 0.15) is 5.56 Å². The number of alkyl halides is 3. The fourth-order valence-electron chi connectivity index (χ4n) is 0.988. The van der Waals surface area contributed by atoms with Gasteiger partial charge in [0.05, 0.1) is 5.69 Å². The van der Waals surface area contributed by atoms with Gasteiger partial charge in [0.2, 0.25) is 5.95 Å². The van der Waals surface area contributed by atoms with Crippen LogP contribution < -0.4 is 0 Å². The molecule has 1 aromatic heterocycles. The second-order valence-corrected chi connectivity index (χ2v) is 3.16. The van der Waals surface area contributed by atoms with E-state index in [9.17, 15) is 18.0 Å². The average Bonchev–Trinajstić information content (AvgIpc) is 2.16. The smallest absolute Gasteiger partial charge is 0.340 e. The van der Waals surface area contributed by atoms with Crippen molar-refractivity contribution in [3.63, 3.8) is 0 Å². The van der Waals surface area contributed by atoms with Crippen molar-refractivity contribution >= 4 is 21.9 Å². The maximum Gasteiger partial charge on any atom is 0.340 e. The van der Waals surface area contributed by atoms with Gasteiger partial charge in [-0.3, -0.25) is 0 Å². The fraction of sp³-hybridized carbons (Fsp3) is 0.250. The highest BCUT2D eigenvalue weighted by molar-refractivity contribution is 9.08. The average molecular weight is 284 g/mol. The van der Waals surface area contributed by atoms with Crippen molar-refractivity contribution in [3.8, 4) is 0 Å². The monoisotopic (exact) mass is 283 g/mol. The summed E-state index contributed by atoms with van der Waals surface area (Å²) in [6.45, 7) is 0. The summed E-state index contributed by atoms with van der Waals surface area (Å²) in [6, 6.07) is 0.603. The summed E-state index contributed by atoms with van der Waals surface area (Å²) in [4.78, 5) is 13.6. The highest BCUT2D eigenvalue weighted by Gasteiger charge is 2.20.